The van der Waals surface area contributed by atoms with Gasteiger partial charge in [-0.15, -0.1) is 0 Å². The first kappa shape index (κ1) is 13.9. The molecule has 1 heterocycles. The normalized spacial score (nSPS) is 14.9. The standard InChI is InChI=1S/C20H19N3/c1-20(2)11-15-10-14(13-6-4-3-5-7-13)8-9-16(15)18-17(20)19(21)23-12-22-18/h3-10,12H,11H2,1-2H3,(H2,21,22,23). The van der Waals surface area contributed by atoms with Crippen molar-refractivity contribution in [2.75, 3.05) is 5.73 Å². The number of aromatic nitrogens is 2. The van der Waals surface area contributed by atoms with Crippen molar-refractivity contribution in [3.05, 3.63) is 66.0 Å². The molecule has 0 unspecified atom stereocenters. The Morgan fingerprint density at radius 3 is 2.52 bits per heavy atom. The third-order valence-corrected chi connectivity index (χ3v) is 4.65. The second kappa shape index (κ2) is 4.92. The molecule has 3 heteroatoms. The molecule has 23 heavy (non-hydrogen) atoms. The van der Waals surface area contributed by atoms with Crippen molar-refractivity contribution in [2.24, 2.45) is 0 Å². The minimum atomic E-state index is -0.0665. The summed E-state index contributed by atoms with van der Waals surface area (Å²) in [6.45, 7) is 4.42. The summed E-state index contributed by atoms with van der Waals surface area (Å²) in [7, 11) is 0. The number of rotatable bonds is 1. The number of hydrogen-bond acceptors (Lipinski definition) is 3. The van der Waals surface area contributed by atoms with Crippen molar-refractivity contribution in [1.82, 2.24) is 9.97 Å². The van der Waals surface area contributed by atoms with E-state index in [1.165, 1.54) is 22.3 Å². The zero-order valence-electron chi connectivity index (χ0n) is 13.4. The Balaban J connectivity index is 1.92. The molecule has 2 N–H and O–H groups in total. The lowest BCUT2D eigenvalue weighted by atomic mass is 9.71. The van der Waals surface area contributed by atoms with Crippen LogP contribution in [0.3, 0.4) is 0 Å². The molecule has 0 bridgehead atoms. The molecule has 1 aromatic heterocycles. The van der Waals surface area contributed by atoms with Gasteiger partial charge in [0.05, 0.1) is 5.69 Å². The summed E-state index contributed by atoms with van der Waals surface area (Å²) in [5.74, 6) is 0.595. The smallest absolute Gasteiger partial charge is 0.131 e. The quantitative estimate of drug-likeness (QED) is 0.732. The highest BCUT2D eigenvalue weighted by Gasteiger charge is 2.34. The molecule has 4 rings (SSSR count). The first-order valence-corrected chi connectivity index (χ1v) is 7.86. The number of nitrogens with zero attached hydrogens (tertiary/aromatic N) is 2. The molecular formula is C20H19N3. The molecule has 3 aromatic rings. The molecule has 0 saturated carbocycles. The van der Waals surface area contributed by atoms with E-state index in [9.17, 15) is 0 Å². The summed E-state index contributed by atoms with van der Waals surface area (Å²) < 4.78 is 0. The van der Waals surface area contributed by atoms with Gasteiger partial charge in [-0.05, 0) is 28.5 Å². The molecule has 0 amide bonds. The number of nitrogens with two attached hydrogens (primary N) is 1. The van der Waals surface area contributed by atoms with E-state index in [-0.39, 0.29) is 5.41 Å². The average Bonchev–Trinajstić information content (AvgIpc) is 2.54. The topological polar surface area (TPSA) is 51.8 Å². The summed E-state index contributed by atoms with van der Waals surface area (Å²) in [5, 5.41) is 0. The van der Waals surface area contributed by atoms with Crippen LogP contribution in [0.1, 0.15) is 25.0 Å². The maximum atomic E-state index is 6.14. The van der Waals surface area contributed by atoms with E-state index in [4.69, 9.17) is 5.73 Å². The van der Waals surface area contributed by atoms with Gasteiger partial charge in [-0.3, -0.25) is 0 Å². The van der Waals surface area contributed by atoms with Crippen LogP contribution in [0.15, 0.2) is 54.9 Å². The second-order valence-electron chi connectivity index (χ2n) is 6.78. The van der Waals surface area contributed by atoms with Crippen molar-refractivity contribution in [3.63, 3.8) is 0 Å². The maximum absolute atomic E-state index is 6.14. The van der Waals surface area contributed by atoms with E-state index in [2.05, 4.69) is 66.3 Å². The molecule has 3 nitrogen and oxygen atoms in total. The van der Waals surface area contributed by atoms with Gasteiger partial charge in [-0.25, -0.2) is 9.97 Å². The summed E-state index contributed by atoms with van der Waals surface area (Å²) >= 11 is 0. The van der Waals surface area contributed by atoms with E-state index in [1.807, 2.05) is 6.07 Å². The third-order valence-electron chi connectivity index (χ3n) is 4.65. The van der Waals surface area contributed by atoms with Crippen LogP contribution in [0.4, 0.5) is 5.82 Å². The zero-order valence-corrected chi connectivity index (χ0v) is 13.4. The molecule has 0 fully saturated rings. The van der Waals surface area contributed by atoms with E-state index in [0.29, 0.717) is 5.82 Å². The molecule has 114 valence electrons. The van der Waals surface area contributed by atoms with Gasteiger partial charge in [0.25, 0.3) is 0 Å². The Labute approximate surface area is 136 Å². The van der Waals surface area contributed by atoms with Gasteiger partial charge in [-0.1, -0.05) is 62.4 Å². The van der Waals surface area contributed by atoms with Gasteiger partial charge in [-0.2, -0.15) is 0 Å². The Bertz CT molecular complexity index is 883. The Morgan fingerprint density at radius 2 is 1.74 bits per heavy atom. The lowest BCUT2D eigenvalue weighted by Gasteiger charge is -2.34. The van der Waals surface area contributed by atoms with E-state index >= 15 is 0 Å². The highest BCUT2D eigenvalue weighted by Crippen LogP contribution is 2.44. The second-order valence-corrected chi connectivity index (χ2v) is 6.78. The molecule has 0 spiro atoms. The van der Waals surface area contributed by atoms with Gasteiger partial charge in [0.15, 0.2) is 0 Å². The molecule has 0 aliphatic heterocycles. The van der Waals surface area contributed by atoms with Gasteiger partial charge >= 0.3 is 0 Å². The Kier molecular flexibility index (Phi) is 2.98. The number of benzene rings is 2. The number of anilines is 1. The minimum Gasteiger partial charge on any atom is -0.383 e. The number of fused-ring (bicyclic) bond motifs is 3. The van der Waals surface area contributed by atoms with Crippen LogP contribution in [0, 0.1) is 0 Å². The van der Waals surface area contributed by atoms with Crippen LogP contribution in [-0.2, 0) is 11.8 Å². The van der Waals surface area contributed by atoms with Crippen molar-refractivity contribution in [3.8, 4) is 22.4 Å². The molecule has 2 aromatic carbocycles. The van der Waals surface area contributed by atoms with E-state index in [0.717, 1.165) is 17.7 Å². The van der Waals surface area contributed by atoms with Gasteiger partial charge in [0, 0.05) is 11.1 Å². The van der Waals surface area contributed by atoms with Crippen LogP contribution in [-0.4, -0.2) is 9.97 Å². The van der Waals surface area contributed by atoms with Crippen LogP contribution >= 0.6 is 0 Å². The van der Waals surface area contributed by atoms with Gasteiger partial charge in [0.2, 0.25) is 0 Å². The zero-order chi connectivity index (χ0) is 16.0. The SMILES string of the molecule is CC1(C)Cc2cc(-c3ccccc3)ccc2-c2ncnc(N)c21. The number of hydrogen-bond donors (Lipinski definition) is 1. The largest absolute Gasteiger partial charge is 0.383 e. The van der Waals surface area contributed by atoms with Crippen molar-refractivity contribution in [2.45, 2.75) is 25.7 Å². The summed E-state index contributed by atoms with van der Waals surface area (Å²) in [6, 6.07) is 17.1. The van der Waals surface area contributed by atoms with Gasteiger partial charge in [0.1, 0.15) is 12.1 Å². The highest BCUT2D eigenvalue weighted by molar-refractivity contribution is 5.78. The first-order chi connectivity index (χ1) is 11.1. The van der Waals surface area contributed by atoms with Crippen LogP contribution < -0.4 is 5.73 Å². The third kappa shape index (κ3) is 2.20. The number of nitrogen functional groups attached to an aromatic ring is 1. The van der Waals surface area contributed by atoms with Gasteiger partial charge < -0.3 is 5.73 Å². The highest BCUT2D eigenvalue weighted by atomic mass is 14.9. The lowest BCUT2D eigenvalue weighted by Crippen LogP contribution is -2.28. The fourth-order valence-corrected chi connectivity index (χ4v) is 3.62. The fourth-order valence-electron chi connectivity index (χ4n) is 3.62. The van der Waals surface area contributed by atoms with E-state index in [1.54, 1.807) is 6.33 Å². The summed E-state index contributed by atoms with van der Waals surface area (Å²) in [5.41, 5.74) is 13.1. The first-order valence-electron chi connectivity index (χ1n) is 7.86. The predicted molar refractivity (Wildman–Crippen MR) is 94.0 cm³/mol. The predicted octanol–water partition coefficient (Wildman–Crippen LogP) is 4.23. The average molecular weight is 301 g/mol. The molecule has 1 aliphatic rings. The Morgan fingerprint density at radius 1 is 0.957 bits per heavy atom. The maximum Gasteiger partial charge on any atom is 0.131 e. The Hall–Kier alpha value is -2.68. The molecule has 0 atom stereocenters. The van der Waals surface area contributed by atoms with Crippen LogP contribution in [0.25, 0.3) is 22.4 Å². The molecule has 0 radical (unpaired) electrons. The molecule has 0 saturated heterocycles. The monoisotopic (exact) mass is 301 g/mol. The van der Waals surface area contributed by atoms with Crippen molar-refractivity contribution < 1.29 is 0 Å². The minimum absolute atomic E-state index is 0.0665. The van der Waals surface area contributed by atoms with Crippen molar-refractivity contribution >= 4 is 5.82 Å². The van der Waals surface area contributed by atoms with Crippen LogP contribution in [0.2, 0.25) is 0 Å². The summed E-state index contributed by atoms with van der Waals surface area (Å²) in [4.78, 5) is 8.72. The van der Waals surface area contributed by atoms with E-state index < -0.39 is 0 Å². The van der Waals surface area contributed by atoms with Crippen LogP contribution in [0.5, 0.6) is 0 Å². The lowest BCUT2D eigenvalue weighted by molar-refractivity contribution is 0.515. The molecule has 1 aliphatic carbocycles. The summed E-state index contributed by atoms with van der Waals surface area (Å²) in [6.07, 6.45) is 2.50. The molecular weight excluding hydrogens is 282 g/mol. The fraction of sp³-hybridized carbons (Fsp3) is 0.200. The van der Waals surface area contributed by atoms with Crippen molar-refractivity contribution in [1.29, 1.82) is 0 Å².